The Kier molecular flexibility index (Phi) is 16.3. The highest BCUT2D eigenvalue weighted by molar-refractivity contribution is 5.99. The number of ether oxygens (including phenoxy) is 2. The third kappa shape index (κ3) is 10.4. The first-order valence-corrected chi connectivity index (χ1v) is 15.9. The molecule has 0 unspecified atom stereocenters. The lowest BCUT2D eigenvalue weighted by Crippen LogP contribution is -2.36. The molecule has 0 spiro atoms. The van der Waals surface area contributed by atoms with Crippen LogP contribution in [-0.4, -0.2) is 41.6 Å². The number of nitrogens with zero attached hydrogens (tertiary/aromatic N) is 2. The zero-order valence-corrected chi connectivity index (χ0v) is 25.9. The van der Waals surface area contributed by atoms with Crippen molar-refractivity contribution >= 4 is 11.9 Å². The summed E-state index contributed by atoms with van der Waals surface area (Å²) in [4.78, 5) is 32.9. The normalized spacial score (nSPS) is 14.2. The van der Waals surface area contributed by atoms with Crippen LogP contribution in [0, 0.1) is 0 Å². The van der Waals surface area contributed by atoms with Crippen LogP contribution in [0.4, 0.5) is 0 Å². The van der Waals surface area contributed by atoms with Gasteiger partial charge < -0.3 is 14.4 Å². The molecule has 0 aliphatic carbocycles. The Morgan fingerprint density at radius 2 is 1.18 bits per heavy atom. The van der Waals surface area contributed by atoms with Gasteiger partial charge in [0.05, 0.1) is 30.3 Å². The lowest BCUT2D eigenvalue weighted by atomic mass is 9.80. The van der Waals surface area contributed by atoms with Crippen LogP contribution < -0.4 is 0 Å². The van der Waals surface area contributed by atoms with Gasteiger partial charge in [0.1, 0.15) is 0 Å². The minimum atomic E-state index is -0.570. The zero-order chi connectivity index (χ0) is 29.2. The van der Waals surface area contributed by atoms with E-state index in [1.54, 1.807) is 26.2 Å². The van der Waals surface area contributed by atoms with Crippen molar-refractivity contribution in [2.75, 3.05) is 19.8 Å². The van der Waals surface area contributed by atoms with Gasteiger partial charge in [0, 0.05) is 30.3 Å². The van der Waals surface area contributed by atoms with Gasteiger partial charge in [0.2, 0.25) is 0 Å². The van der Waals surface area contributed by atoms with Crippen molar-refractivity contribution in [3.8, 4) is 0 Å². The molecule has 2 heterocycles. The van der Waals surface area contributed by atoms with Crippen molar-refractivity contribution in [2.24, 2.45) is 0 Å². The van der Waals surface area contributed by atoms with Crippen LogP contribution in [0.25, 0.3) is 0 Å². The molecule has 0 atom stereocenters. The van der Waals surface area contributed by atoms with E-state index in [9.17, 15) is 9.59 Å². The van der Waals surface area contributed by atoms with Crippen LogP contribution in [-0.2, 0) is 19.1 Å². The second-order valence-corrected chi connectivity index (χ2v) is 10.9. The standard InChI is InChI=1S/C34H54N2O4/c1-6-9-10-11-12-13-14-15-16-17-18-19-20-21-25-36-27(4)30(33(37)39-7-2)32(29-23-22-24-35-26-29)31(28(36)5)34(38)40-8-3/h22-24,26,32H,6-21,25H2,1-5H3. The Morgan fingerprint density at radius 3 is 1.57 bits per heavy atom. The first kappa shape index (κ1) is 33.6. The zero-order valence-electron chi connectivity index (χ0n) is 25.9. The van der Waals surface area contributed by atoms with Crippen molar-refractivity contribution in [2.45, 2.75) is 130 Å². The molecular weight excluding hydrogens is 500 g/mol. The Labute approximate surface area is 243 Å². The monoisotopic (exact) mass is 554 g/mol. The number of hydrogen-bond donors (Lipinski definition) is 0. The summed E-state index contributed by atoms with van der Waals surface area (Å²) < 4.78 is 11.0. The van der Waals surface area contributed by atoms with Gasteiger partial charge in [-0.1, -0.05) is 96.5 Å². The third-order valence-corrected chi connectivity index (χ3v) is 7.91. The molecule has 0 saturated carbocycles. The number of aromatic nitrogens is 1. The van der Waals surface area contributed by atoms with Gasteiger partial charge in [-0.05, 0) is 45.7 Å². The quantitative estimate of drug-likeness (QED) is 0.119. The maximum atomic E-state index is 13.3. The Bertz CT molecular complexity index is 912. The van der Waals surface area contributed by atoms with Gasteiger partial charge in [-0.15, -0.1) is 0 Å². The molecule has 0 fully saturated rings. The summed E-state index contributed by atoms with van der Waals surface area (Å²) >= 11 is 0. The maximum absolute atomic E-state index is 13.3. The van der Waals surface area contributed by atoms with Crippen LogP contribution in [0.2, 0.25) is 0 Å². The molecule has 0 radical (unpaired) electrons. The van der Waals surface area contributed by atoms with E-state index in [1.165, 1.54) is 77.0 Å². The van der Waals surface area contributed by atoms with Crippen molar-refractivity contribution in [1.82, 2.24) is 9.88 Å². The van der Waals surface area contributed by atoms with E-state index in [0.717, 1.165) is 36.3 Å². The number of allylic oxidation sites excluding steroid dienone is 2. The molecule has 0 saturated heterocycles. The predicted octanol–water partition coefficient (Wildman–Crippen LogP) is 8.64. The number of pyridine rings is 1. The second-order valence-electron chi connectivity index (χ2n) is 10.9. The highest BCUT2D eigenvalue weighted by Crippen LogP contribution is 2.42. The molecule has 0 aromatic carbocycles. The molecule has 0 bridgehead atoms. The van der Waals surface area contributed by atoms with Crippen molar-refractivity contribution in [3.63, 3.8) is 0 Å². The molecule has 1 aromatic rings. The summed E-state index contributed by atoms with van der Waals surface area (Å²) in [6.07, 6.45) is 21.7. The number of carbonyl (C=O) groups excluding carboxylic acids is 2. The van der Waals surface area contributed by atoms with Gasteiger partial charge in [0.25, 0.3) is 0 Å². The molecular formula is C34H54N2O4. The minimum Gasteiger partial charge on any atom is -0.463 e. The molecule has 1 aromatic heterocycles. The Balaban J connectivity index is 1.98. The second kappa shape index (κ2) is 19.4. The van der Waals surface area contributed by atoms with Crippen LogP contribution >= 0.6 is 0 Å². The summed E-state index contributed by atoms with van der Waals surface area (Å²) in [6.45, 7) is 11.1. The first-order chi connectivity index (χ1) is 19.5. The van der Waals surface area contributed by atoms with Gasteiger partial charge in [-0.2, -0.15) is 0 Å². The topological polar surface area (TPSA) is 68.7 Å². The molecule has 0 N–H and O–H groups in total. The van der Waals surface area contributed by atoms with E-state index in [2.05, 4.69) is 16.8 Å². The maximum Gasteiger partial charge on any atom is 0.336 e. The average Bonchev–Trinajstić information content (AvgIpc) is 2.95. The van der Waals surface area contributed by atoms with E-state index in [4.69, 9.17) is 9.47 Å². The van der Waals surface area contributed by atoms with Crippen LogP contribution in [0.5, 0.6) is 0 Å². The lowest BCUT2D eigenvalue weighted by molar-refractivity contribution is -0.139. The summed E-state index contributed by atoms with van der Waals surface area (Å²) in [7, 11) is 0. The van der Waals surface area contributed by atoms with Gasteiger partial charge in [0.15, 0.2) is 0 Å². The summed E-state index contributed by atoms with van der Waals surface area (Å²) in [6, 6.07) is 3.73. The molecule has 40 heavy (non-hydrogen) atoms. The number of carbonyl (C=O) groups is 2. The average molecular weight is 555 g/mol. The molecule has 6 heteroatoms. The molecule has 2 rings (SSSR count). The van der Waals surface area contributed by atoms with Crippen LogP contribution in [0.3, 0.4) is 0 Å². The highest BCUT2D eigenvalue weighted by Gasteiger charge is 2.40. The summed E-state index contributed by atoms with van der Waals surface area (Å²) in [5.74, 6) is -1.36. The third-order valence-electron chi connectivity index (χ3n) is 7.91. The lowest BCUT2D eigenvalue weighted by Gasteiger charge is -2.38. The van der Waals surface area contributed by atoms with E-state index in [0.29, 0.717) is 11.1 Å². The first-order valence-electron chi connectivity index (χ1n) is 15.9. The number of hydrogen-bond acceptors (Lipinski definition) is 6. The van der Waals surface area contributed by atoms with E-state index < -0.39 is 17.9 Å². The van der Waals surface area contributed by atoms with E-state index in [-0.39, 0.29) is 13.2 Å². The smallest absolute Gasteiger partial charge is 0.336 e. The van der Waals surface area contributed by atoms with Crippen LogP contribution in [0.1, 0.15) is 136 Å². The van der Waals surface area contributed by atoms with Crippen molar-refractivity contribution in [3.05, 3.63) is 52.6 Å². The molecule has 6 nitrogen and oxygen atoms in total. The number of esters is 2. The van der Waals surface area contributed by atoms with Gasteiger partial charge in [-0.25, -0.2) is 9.59 Å². The van der Waals surface area contributed by atoms with E-state index in [1.807, 2.05) is 26.0 Å². The molecule has 224 valence electrons. The van der Waals surface area contributed by atoms with Crippen LogP contribution in [0.15, 0.2) is 47.1 Å². The Hall–Kier alpha value is -2.63. The molecule has 1 aliphatic heterocycles. The number of rotatable bonds is 20. The minimum absolute atomic E-state index is 0.270. The largest absolute Gasteiger partial charge is 0.463 e. The summed E-state index contributed by atoms with van der Waals surface area (Å²) in [5, 5.41) is 0. The highest BCUT2D eigenvalue weighted by atomic mass is 16.5. The molecule has 1 aliphatic rings. The van der Waals surface area contributed by atoms with Crippen molar-refractivity contribution in [1.29, 1.82) is 0 Å². The SMILES string of the molecule is CCCCCCCCCCCCCCCCN1C(C)=C(C(=O)OCC)C(c2cccnc2)C(C(=O)OCC)=C1C. The predicted molar refractivity (Wildman–Crippen MR) is 163 cm³/mol. The summed E-state index contributed by atoms with van der Waals surface area (Å²) in [5.41, 5.74) is 3.45. The van der Waals surface area contributed by atoms with Gasteiger partial charge in [-0.3, -0.25) is 4.98 Å². The number of unbranched alkanes of at least 4 members (excludes halogenated alkanes) is 13. The molecule has 0 amide bonds. The van der Waals surface area contributed by atoms with Gasteiger partial charge >= 0.3 is 11.9 Å². The van der Waals surface area contributed by atoms with Crippen molar-refractivity contribution < 1.29 is 19.1 Å². The Morgan fingerprint density at radius 1 is 0.725 bits per heavy atom. The fourth-order valence-corrected chi connectivity index (χ4v) is 5.73. The fraction of sp³-hybridized carbons (Fsp3) is 0.676. The fourth-order valence-electron chi connectivity index (χ4n) is 5.73. The van der Waals surface area contributed by atoms with E-state index >= 15 is 0 Å².